The third-order valence-electron chi connectivity index (χ3n) is 32.0. The molecule has 0 saturated carbocycles. The summed E-state index contributed by atoms with van der Waals surface area (Å²) >= 11 is 0. The molecule has 0 atom stereocenters. The van der Waals surface area contributed by atoms with Gasteiger partial charge in [0.25, 0.3) is 6.71 Å². The van der Waals surface area contributed by atoms with Crippen LogP contribution >= 0.6 is 0 Å². The smallest absolute Gasteiger partial charge is 0.252 e. The zero-order valence-corrected chi connectivity index (χ0v) is 82.5. The van der Waals surface area contributed by atoms with E-state index in [1.165, 1.54) is 0 Å². The molecule has 30 rings (SSSR count). The summed E-state index contributed by atoms with van der Waals surface area (Å²) in [4.78, 5) is 4.80. The fourth-order valence-corrected chi connectivity index (χ4v) is 25.2. The van der Waals surface area contributed by atoms with Crippen LogP contribution < -0.4 is 35.7 Å². The molecule has 149 heavy (non-hydrogen) atoms. The first kappa shape index (κ1) is 74.6. The van der Waals surface area contributed by atoms with Crippen LogP contribution in [0.5, 0.6) is 23.0 Å². The van der Waals surface area contributed by atoms with Crippen LogP contribution in [0.2, 0.25) is 0 Å². The second-order valence-corrected chi connectivity index (χ2v) is 42.2. The molecule has 6 aliphatic rings. The number of hydrogen-bond acceptors (Lipinski definition) is 4. The number of nitrogens with zero attached hydrogens (tertiary/aromatic N) is 4. The number of benzene rings is 22. The average Bonchev–Trinajstić information content (AvgIpc) is 1.48. The van der Waals surface area contributed by atoms with Gasteiger partial charge < -0.3 is 28.4 Å². The van der Waals surface area contributed by atoms with Gasteiger partial charge in [-0.25, -0.2) is 0 Å². The minimum atomic E-state index is -0.810. The molecule has 0 N–H and O–H groups in total. The quantitative estimate of drug-likeness (QED) is 0.121. The van der Waals surface area contributed by atoms with Crippen LogP contribution in [0.25, 0.3) is 155 Å². The summed E-state index contributed by atoms with van der Waals surface area (Å²) in [6.07, 6.45) is 0. The molecule has 2 aromatic heterocycles. The van der Waals surface area contributed by atoms with Gasteiger partial charge in [0, 0.05) is 89.0 Å². The summed E-state index contributed by atoms with van der Waals surface area (Å²) in [6.45, 7) is 12.8. The van der Waals surface area contributed by atoms with Gasteiger partial charge in [0.1, 0.15) is 23.0 Å². The van der Waals surface area contributed by atoms with Crippen LogP contribution in [0, 0.1) is 0 Å². The SMILES string of the molecule is [2H]c1c(-c2ccccc2)c([2H])c2c(c1[2H])c1c([2H])c([2H])c(-c3ccccc3)c([2H])c1n2-c1ccc2c(c1)N(c1ccccc1-c1ccc3c(c1)Oc1ccccc1C31c3ccccc3-c3ccccc31)c1cc(-c3cc(C(C)(C)C)cc(C(C)(C)C)c3)cc3c1B2c1ccc(-n2c4c([2H])c(-c5ccccc5)c([2H])c([2H])c4c4c([2H])c([2H])c(-c5ccccc5)c([2H])c42)cc1N3c1ccccc1-c1ccc2c(c1)Oc1ccccc1C21c2ccccc2-c2ccccc21. The Labute approximate surface area is 884 Å². The van der Waals surface area contributed by atoms with Crippen LogP contribution in [0.4, 0.5) is 34.1 Å². The molecule has 0 bridgehead atoms. The Morgan fingerprint density at radius 3 is 0.859 bits per heavy atom. The largest absolute Gasteiger partial charge is 0.457 e. The minimum Gasteiger partial charge on any atom is -0.457 e. The molecule has 0 fully saturated rings. The molecular formula is C142H99BN4O2. The van der Waals surface area contributed by atoms with Gasteiger partial charge in [0.15, 0.2) is 0 Å². The van der Waals surface area contributed by atoms with E-state index < -0.39 is 28.4 Å². The van der Waals surface area contributed by atoms with Crippen LogP contribution in [0.3, 0.4) is 0 Å². The minimum absolute atomic E-state index is 0.0838. The predicted octanol–water partition coefficient (Wildman–Crippen LogP) is 35.2. The number of rotatable bonds is 11. The van der Waals surface area contributed by atoms with E-state index in [0.29, 0.717) is 56.5 Å². The van der Waals surface area contributed by atoms with Crippen LogP contribution in [-0.4, -0.2) is 15.8 Å². The van der Waals surface area contributed by atoms with Crippen LogP contribution in [-0.2, 0) is 21.7 Å². The van der Waals surface area contributed by atoms with Crippen molar-refractivity contribution in [3.8, 4) is 135 Å². The van der Waals surface area contributed by atoms with Crippen molar-refractivity contribution in [3.05, 3.63) is 547 Å². The first-order valence-electron chi connectivity index (χ1n) is 57.2. The lowest BCUT2D eigenvalue weighted by molar-refractivity contribution is 0.436. The van der Waals surface area contributed by atoms with Gasteiger partial charge in [-0.15, -0.1) is 0 Å². The van der Waals surface area contributed by atoms with E-state index in [4.69, 9.17) is 9.47 Å². The second kappa shape index (κ2) is 32.6. The standard InChI is InChI=1S/C142H99BN4O2/c1-139(2,3)100-75-98(76-101(85-100)140(4,5)6)99-81-132-138-133(82-99)147(125-56-32-24-44-105(125)97-64-72-121-137(84-97)149-135-58-34-30-54-119(135)142(121)116-51-27-21-47-108(116)109-48-22-28-52-117(109)142)131-87-103(145-128-79-94(90-39-15-9-16-40-90)61-69-112(128)113-70-62-95(80-129(113)145)91-41-17-10-18-42-91)66-74-123(131)143(138)122-73-65-102(144-126-77-92(88-35-11-7-12-36-88)59-67-110(126)111-68-60-93(78-127(111)144)89-37-13-8-14-38-89)86-130(122)146(132)124-55-31-23-43-104(124)96-63-71-120-136(83-96)148-134-57-33-29-53-118(134)141(120)114-49-25-19-45-106(114)107-46-20-26-50-115(107)141/h7-87H,1-6H3/i59D,60D,61D,62D,67D,68D,69D,70D,77D,78D,79D,80D. The highest BCUT2D eigenvalue weighted by Gasteiger charge is 2.54. The lowest BCUT2D eigenvalue weighted by Crippen LogP contribution is -2.61. The summed E-state index contributed by atoms with van der Waals surface area (Å²) < 4.78 is 145. The lowest BCUT2D eigenvalue weighted by atomic mass is 9.33. The summed E-state index contributed by atoms with van der Waals surface area (Å²) in [5.74, 6) is 2.79. The monoisotopic (exact) mass is 1910 g/mol. The molecule has 0 amide bonds. The molecule has 24 aromatic rings. The number of para-hydroxylation sites is 4. The molecule has 22 aromatic carbocycles. The third-order valence-corrected chi connectivity index (χ3v) is 32.0. The average molecular weight is 1920 g/mol. The molecule has 0 saturated heterocycles. The molecule has 2 spiro atoms. The van der Waals surface area contributed by atoms with Crippen molar-refractivity contribution in [1.29, 1.82) is 0 Å². The first-order chi connectivity index (χ1) is 78.2. The van der Waals surface area contributed by atoms with E-state index in [0.717, 1.165) is 162 Å². The lowest BCUT2D eigenvalue weighted by Gasteiger charge is -2.45. The Morgan fingerprint density at radius 1 is 0.221 bits per heavy atom. The van der Waals surface area contributed by atoms with Crippen molar-refractivity contribution in [2.24, 2.45) is 0 Å². The van der Waals surface area contributed by atoms with Crippen molar-refractivity contribution < 1.29 is 25.9 Å². The Morgan fingerprint density at radius 2 is 0.517 bits per heavy atom. The summed E-state index contributed by atoms with van der Waals surface area (Å²) in [6, 6.07) is 141. The van der Waals surface area contributed by atoms with E-state index in [9.17, 15) is 16.4 Å². The first-order valence-corrected chi connectivity index (χ1v) is 51.2. The molecule has 0 radical (unpaired) electrons. The van der Waals surface area contributed by atoms with Crippen molar-refractivity contribution in [2.45, 2.75) is 63.2 Å². The Hall–Kier alpha value is -18.3. The zero-order valence-electron chi connectivity index (χ0n) is 94.5. The molecule has 6 heterocycles. The topological polar surface area (TPSA) is 34.8 Å². The highest BCUT2D eigenvalue weighted by molar-refractivity contribution is 7.00. The molecule has 702 valence electrons. The van der Waals surface area contributed by atoms with Gasteiger partial charge in [0.05, 0.1) is 60.7 Å². The third kappa shape index (κ3) is 12.9. The Balaban J connectivity index is 0.754. The fourth-order valence-electron chi connectivity index (χ4n) is 25.2. The number of anilines is 6. The number of hydrogen-bond donors (Lipinski definition) is 0. The van der Waals surface area contributed by atoms with E-state index in [-0.39, 0.29) is 138 Å². The Bertz CT molecular complexity index is 9680. The molecule has 4 aliphatic heterocycles. The Kier molecular flexibility index (Phi) is 16.3. The summed E-state index contributed by atoms with van der Waals surface area (Å²) in [5.41, 5.74) is 29.1. The van der Waals surface area contributed by atoms with E-state index in [2.05, 4.69) is 324 Å². The molecule has 0 unspecified atom stereocenters. The molecular weight excluding hydrogens is 1800 g/mol. The van der Waals surface area contributed by atoms with Crippen molar-refractivity contribution in [1.82, 2.24) is 9.13 Å². The van der Waals surface area contributed by atoms with Crippen molar-refractivity contribution >= 4 is 101 Å². The van der Waals surface area contributed by atoms with E-state index >= 15 is 0 Å². The predicted molar refractivity (Wildman–Crippen MR) is 619 cm³/mol. The van der Waals surface area contributed by atoms with Gasteiger partial charge in [-0.1, -0.05) is 436 Å². The van der Waals surface area contributed by atoms with Crippen LogP contribution in [0.1, 0.15) is 114 Å². The maximum atomic E-state index is 11.0. The summed E-state index contributed by atoms with van der Waals surface area (Å²) in [7, 11) is 0. The van der Waals surface area contributed by atoms with Gasteiger partial charge in [0.2, 0.25) is 0 Å². The van der Waals surface area contributed by atoms with Gasteiger partial charge in [-0.05, 0) is 247 Å². The van der Waals surface area contributed by atoms with Crippen molar-refractivity contribution in [3.63, 3.8) is 0 Å². The maximum absolute atomic E-state index is 11.0. The van der Waals surface area contributed by atoms with E-state index in [1.807, 2.05) is 155 Å². The normalized spacial score (nSPS) is 14.9. The molecule has 6 nitrogen and oxygen atoms in total. The van der Waals surface area contributed by atoms with Crippen LogP contribution in [0.15, 0.2) is 491 Å². The molecule has 7 heteroatoms. The number of aromatic nitrogens is 2. The number of ether oxygens (including phenoxy) is 2. The highest BCUT2D eigenvalue weighted by atomic mass is 16.5. The molecule has 2 aliphatic carbocycles. The van der Waals surface area contributed by atoms with Gasteiger partial charge in [-0.3, -0.25) is 0 Å². The van der Waals surface area contributed by atoms with Gasteiger partial charge >= 0.3 is 0 Å². The fraction of sp³-hybridized carbons (Fsp3) is 0.0704. The zero-order chi connectivity index (χ0) is 109. The number of fused-ring (bicyclic) bond motifs is 28. The highest BCUT2D eigenvalue weighted by Crippen LogP contribution is 2.66. The second-order valence-electron chi connectivity index (χ2n) is 42.2. The maximum Gasteiger partial charge on any atom is 0.252 e. The summed E-state index contributed by atoms with van der Waals surface area (Å²) in [5, 5.41) is 0.335. The van der Waals surface area contributed by atoms with Gasteiger partial charge in [-0.2, -0.15) is 0 Å². The van der Waals surface area contributed by atoms with Crippen molar-refractivity contribution in [2.75, 3.05) is 9.80 Å². The van der Waals surface area contributed by atoms with E-state index in [1.54, 1.807) is 0 Å².